The highest BCUT2D eigenvalue weighted by atomic mass is 35.5. The Labute approximate surface area is 89.0 Å². The van der Waals surface area contributed by atoms with Crippen LogP contribution in [0.3, 0.4) is 0 Å². The van der Waals surface area contributed by atoms with E-state index in [-0.39, 0.29) is 5.41 Å². The van der Waals surface area contributed by atoms with E-state index in [1.54, 1.807) is 0 Å². The van der Waals surface area contributed by atoms with Crippen LogP contribution in [0, 0.1) is 5.41 Å². The number of nitrogens with two attached hydrogens (primary N) is 1. The van der Waals surface area contributed by atoms with Gasteiger partial charge in [-0.15, -0.1) is 0 Å². The molecule has 1 aromatic rings. The fraction of sp³-hybridized carbons (Fsp3) is 0.455. The molecule has 0 bridgehead atoms. The van der Waals surface area contributed by atoms with Crippen LogP contribution in [0.5, 0.6) is 5.75 Å². The van der Waals surface area contributed by atoms with Crippen molar-refractivity contribution in [1.82, 2.24) is 0 Å². The summed E-state index contributed by atoms with van der Waals surface area (Å²) in [5.41, 5.74) is 6.94. The molecule has 2 nitrogen and oxygen atoms in total. The lowest BCUT2D eigenvalue weighted by Crippen LogP contribution is -2.38. The molecule has 1 heterocycles. The molecule has 1 aromatic carbocycles. The number of fused-ring (bicyclic) bond motifs is 1. The molecule has 1 aliphatic rings. The standard InChI is InChI=1S/C11H14ClNO/c1-11(6-13)5-8-3-2-4-9(12)10(8)14-7-11/h2-4H,5-7,13H2,1H3. The van der Waals surface area contributed by atoms with Crippen molar-refractivity contribution in [1.29, 1.82) is 0 Å². The molecule has 0 spiro atoms. The van der Waals surface area contributed by atoms with Gasteiger partial charge in [-0.3, -0.25) is 0 Å². The molecular weight excluding hydrogens is 198 g/mol. The van der Waals surface area contributed by atoms with Crippen molar-refractivity contribution < 1.29 is 4.74 Å². The molecule has 2 N–H and O–H groups in total. The predicted octanol–water partition coefficient (Wildman–Crippen LogP) is 2.24. The molecule has 0 aromatic heterocycles. The zero-order valence-electron chi connectivity index (χ0n) is 8.22. The minimum Gasteiger partial charge on any atom is -0.491 e. The average Bonchev–Trinajstić information content (AvgIpc) is 2.18. The van der Waals surface area contributed by atoms with Crippen molar-refractivity contribution in [3.8, 4) is 5.75 Å². The Hall–Kier alpha value is -0.730. The maximum absolute atomic E-state index is 6.02. The molecule has 14 heavy (non-hydrogen) atoms. The Kier molecular flexibility index (Phi) is 2.41. The first-order valence-electron chi connectivity index (χ1n) is 4.75. The van der Waals surface area contributed by atoms with Crippen LogP contribution >= 0.6 is 11.6 Å². The molecule has 1 atom stereocenters. The molecule has 0 radical (unpaired) electrons. The molecule has 2 rings (SSSR count). The quantitative estimate of drug-likeness (QED) is 0.774. The van der Waals surface area contributed by atoms with E-state index >= 15 is 0 Å². The van der Waals surface area contributed by atoms with Crippen LogP contribution in [0.15, 0.2) is 18.2 Å². The summed E-state index contributed by atoms with van der Waals surface area (Å²) in [4.78, 5) is 0. The summed E-state index contributed by atoms with van der Waals surface area (Å²) in [6.07, 6.45) is 0.944. The van der Waals surface area contributed by atoms with Gasteiger partial charge in [0, 0.05) is 12.0 Å². The topological polar surface area (TPSA) is 35.2 Å². The summed E-state index contributed by atoms with van der Waals surface area (Å²) in [5, 5.41) is 0.696. The Bertz CT molecular complexity index is 353. The molecule has 0 aliphatic carbocycles. The highest BCUT2D eigenvalue weighted by molar-refractivity contribution is 6.32. The fourth-order valence-electron chi connectivity index (χ4n) is 1.74. The molecular formula is C11H14ClNO. The van der Waals surface area contributed by atoms with Gasteiger partial charge in [-0.1, -0.05) is 30.7 Å². The summed E-state index contributed by atoms with van der Waals surface area (Å²) in [5.74, 6) is 0.833. The first kappa shape index (κ1) is 9.81. The summed E-state index contributed by atoms with van der Waals surface area (Å²) in [6, 6.07) is 5.85. The van der Waals surface area contributed by atoms with Gasteiger partial charge in [0.15, 0.2) is 0 Å². The van der Waals surface area contributed by atoms with Crippen molar-refractivity contribution in [2.75, 3.05) is 13.2 Å². The predicted molar refractivity (Wildman–Crippen MR) is 57.8 cm³/mol. The summed E-state index contributed by atoms with van der Waals surface area (Å²) in [6.45, 7) is 3.43. The summed E-state index contributed by atoms with van der Waals surface area (Å²) in [7, 11) is 0. The minimum atomic E-state index is 0.0533. The van der Waals surface area contributed by atoms with Gasteiger partial charge in [-0.2, -0.15) is 0 Å². The lowest BCUT2D eigenvalue weighted by Gasteiger charge is -2.34. The third-order valence-electron chi connectivity index (χ3n) is 2.72. The average molecular weight is 212 g/mol. The third-order valence-corrected chi connectivity index (χ3v) is 3.02. The van der Waals surface area contributed by atoms with E-state index in [1.807, 2.05) is 18.2 Å². The first-order valence-corrected chi connectivity index (χ1v) is 5.13. The number of ether oxygens (including phenoxy) is 1. The van der Waals surface area contributed by atoms with E-state index in [9.17, 15) is 0 Å². The van der Waals surface area contributed by atoms with Gasteiger partial charge in [0.1, 0.15) is 5.75 Å². The van der Waals surface area contributed by atoms with Crippen LogP contribution < -0.4 is 10.5 Å². The maximum atomic E-state index is 6.02. The normalized spacial score (nSPS) is 25.4. The molecule has 76 valence electrons. The van der Waals surface area contributed by atoms with Crippen LogP contribution in [0.1, 0.15) is 12.5 Å². The number of benzene rings is 1. The van der Waals surface area contributed by atoms with Gasteiger partial charge in [0.05, 0.1) is 11.6 Å². The third kappa shape index (κ3) is 1.60. The monoisotopic (exact) mass is 211 g/mol. The molecule has 0 saturated heterocycles. The molecule has 0 fully saturated rings. The lowest BCUT2D eigenvalue weighted by molar-refractivity contribution is 0.145. The van der Waals surface area contributed by atoms with Crippen LogP contribution in [0.2, 0.25) is 5.02 Å². The lowest BCUT2D eigenvalue weighted by atomic mass is 9.82. The number of para-hydroxylation sites is 1. The maximum Gasteiger partial charge on any atom is 0.141 e. The van der Waals surface area contributed by atoms with Crippen LogP contribution in [0.25, 0.3) is 0 Å². The van der Waals surface area contributed by atoms with E-state index in [0.717, 1.165) is 17.7 Å². The molecule has 3 heteroatoms. The smallest absolute Gasteiger partial charge is 0.141 e. The minimum absolute atomic E-state index is 0.0533. The number of hydrogen-bond acceptors (Lipinski definition) is 2. The SMILES string of the molecule is CC1(CN)COc2c(Cl)cccc2C1. The van der Waals surface area contributed by atoms with Crippen LogP contribution in [0.4, 0.5) is 0 Å². The van der Waals surface area contributed by atoms with Gasteiger partial charge < -0.3 is 10.5 Å². The number of hydrogen-bond donors (Lipinski definition) is 1. The Morgan fingerprint density at radius 1 is 1.57 bits per heavy atom. The van der Waals surface area contributed by atoms with Crippen molar-refractivity contribution in [3.63, 3.8) is 0 Å². The molecule has 1 unspecified atom stereocenters. The second kappa shape index (κ2) is 3.44. The summed E-state index contributed by atoms with van der Waals surface area (Å²) >= 11 is 6.02. The molecule has 1 aliphatic heterocycles. The Morgan fingerprint density at radius 2 is 2.36 bits per heavy atom. The largest absolute Gasteiger partial charge is 0.491 e. The van der Waals surface area contributed by atoms with Crippen molar-refractivity contribution >= 4 is 11.6 Å². The van der Waals surface area contributed by atoms with Gasteiger partial charge in [-0.25, -0.2) is 0 Å². The van der Waals surface area contributed by atoms with E-state index in [2.05, 4.69) is 6.92 Å². The van der Waals surface area contributed by atoms with Gasteiger partial charge in [0.2, 0.25) is 0 Å². The van der Waals surface area contributed by atoms with Gasteiger partial charge >= 0.3 is 0 Å². The zero-order chi connectivity index (χ0) is 10.2. The van der Waals surface area contributed by atoms with Crippen LogP contribution in [-0.2, 0) is 6.42 Å². The molecule has 0 saturated carbocycles. The zero-order valence-corrected chi connectivity index (χ0v) is 8.97. The highest BCUT2D eigenvalue weighted by Crippen LogP contribution is 2.38. The van der Waals surface area contributed by atoms with Crippen LogP contribution in [-0.4, -0.2) is 13.2 Å². The van der Waals surface area contributed by atoms with Crippen molar-refractivity contribution in [2.45, 2.75) is 13.3 Å². The van der Waals surface area contributed by atoms with E-state index in [1.165, 1.54) is 0 Å². The number of rotatable bonds is 1. The second-order valence-corrected chi connectivity index (χ2v) is 4.62. The number of halogens is 1. The van der Waals surface area contributed by atoms with Gasteiger partial charge in [-0.05, 0) is 18.1 Å². The highest BCUT2D eigenvalue weighted by Gasteiger charge is 2.30. The Morgan fingerprint density at radius 3 is 3.07 bits per heavy atom. The van der Waals surface area contributed by atoms with Gasteiger partial charge in [0.25, 0.3) is 0 Å². The van der Waals surface area contributed by atoms with E-state index < -0.39 is 0 Å². The second-order valence-electron chi connectivity index (χ2n) is 4.21. The Balaban J connectivity index is 2.36. The van der Waals surface area contributed by atoms with Crippen molar-refractivity contribution in [2.24, 2.45) is 11.1 Å². The summed E-state index contributed by atoms with van der Waals surface area (Å²) < 4.78 is 5.65. The fourth-order valence-corrected chi connectivity index (χ4v) is 1.99. The van der Waals surface area contributed by atoms with E-state index in [0.29, 0.717) is 18.2 Å². The van der Waals surface area contributed by atoms with E-state index in [4.69, 9.17) is 22.1 Å². The first-order chi connectivity index (χ1) is 6.64. The van der Waals surface area contributed by atoms with Crippen molar-refractivity contribution in [3.05, 3.63) is 28.8 Å². The molecule has 0 amide bonds.